The van der Waals surface area contributed by atoms with Crippen molar-refractivity contribution in [1.82, 2.24) is 0 Å². The first-order valence-corrected chi connectivity index (χ1v) is 10.9. The summed E-state index contributed by atoms with van der Waals surface area (Å²) in [6.07, 6.45) is 1.99. The maximum Gasteiger partial charge on any atom is 0.184 e. The molecule has 6 nitrogen and oxygen atoms in total. The molecule has 4 fully saturated rings. The number of fused-ring (bicyclic) bond motifs is 3. The molecule has 1 aromatic rings. The van der Waals surface area contributed by atoms with Gasteiger partial charge in [0.2, 0.25) is 0 Å². The Morgan fingerprint density at radius 1 is 1.00 bits per heavy atom. The molecule has 4 saturated heterocycles. The Morgan fingerprint density at radius 3 is 2.47 bits per heavy atom. The molecule has 4 aliphatic heterocycles. The average Bonchev–Trinajstić information content (AvgIpc) is 2.72. The molecule has 0 spiro atoms. The van der Waals surface area contributed by atoms with Gasteiger partial charge in [0.05, 0.1) is 42.2 Å². The highest BCUT2D eigenvalue weighted by Gasteiger charge is 2.62. The second-order valence-corrected chi connectivity index (χ2v) is 9.80. The molecule has 30 heavy (non-hydrogen) atoms. The fourth-order valence-corrected chi connectivity index (χ4v) is 5.66. The second-order valence-electron chi connectivity index (χ2n) is 9.80. The van der Waals surface area contributed by atoms with Crippen LogP contribution in [0.3, 0.4) is 0 Å². The molecule has 0 saturated carbocycles. The van der Waals surface area contributed by atoms with Gasteiger partial charge in [-0.3, -0.25) is 0 Å². The van der Waals surface area contributed by atoms with Gasteiger partial charge in [-0.05, 0) is 20.8 Å². The molecule has 6 heteroatoms. The van der Waals surface area contributed by atoms with E-state index in [2.05, 4.69) is 20.4 Å². The Balaban J connectivity index is 1.35. The van der Waals surface area contributed by atoms with Crippen LogP contribution in [-0.2, 0) is 23.7 Å². The molecular formula is C24H32O6. The minimum Gasteiger partial charge on any atom is -0.390 e. The zero-order valence-electron chi connectivity index (χ0n) is 18.0. The summed E-state index contributed by atoms with van der Waals surface area (Å²) in [5.74, 6) is 0. The van der Waals surface area contributed by atoms with Crippen LogP contribution in [0, 0.1) is 0 Å². The van der Waals surface area contributed by atoms with Crippen LogP contribution in [0.4, 0.5) is 0 Å². The summed E-state index contributed by atoms with van der Waals surface area (Å²) in [5, 5.41) is 10.6. The molecule has 0 aliphatic carbocycles. The highest BCUT2D eigenvalue weighted by Crippen LogP contribution is 2.51. The lowest BCUT2D eigenvalue weighted by Gasteiger charge is -2.61. The summed E-state index contributed by atoms with van der Waals surface area (Å²) in [5.41, 5.74) is -0.865. The molecule has 0 bridgehead atoms. The fraction of sp³-hybridized carbons (Fsp3) is 0.667. The second kappa shape index (κ2) is 7.12. The van der Waals surface area contributed by atoms with Gasteiger partial charge in [0.15, 0.2) is 6.29 Å². The Kier molecular flexibility index (Phi) is 4.89. The molecule has 0 unspecified atom stereocenters. The summed E-state index contributed by atoms with van der Waals surface area (Å²) >= 11 is 0. The number of hydrogen-bond donors (Lipinski definition) is 1. The summed E-state index contributed by atoms with van der Waals surface area (Å²) in [6.45, 7) is 10.4. The number of aliphatic hydroxyl groups is 1. The normalized spacial score (nSPS) is 50.7. The molecule has 164 valence electrons. The van der Waals surface area contributed by atoms with Crippen molar-refractivity contribution in [3.8, 4) is 0 Å². The van der Waals surface area contributed by atoms with E-state index in [4.69, 9.17) is 23.7 Å². The molecule has 0 aromatic heterocycles. The molecule has 5 rings (SSSR count). The lowest BCUT2D eigenvalue weighted by Crippen LogP contribution is -2.71. The van der Waals surface area contributed by atoms with Crippen molar-refractivity contribution in [1.29, 1.82) is 0 Å². The zero-order chi connectivity index (χ0) is 21.1. The Labute approximate surface area is 178 Å². The van der Waals surface area contributed by atoms with Gasteiger partial charge in [-0.15, -0.1) is 6.58 Å². The largest absolute Gasteiger partial charge is 0.390 e. The Morgan fingerprint density at radius 2 is 1.73 bits per heavy atom. The van der Waals surface area contributed by atoms with Gasteiger partial charge in [-0.2, -0.15) is 0 Å². The van der Waals surface area contributed by atoms with Crippen LogP contribution in [-0.4, -0.2) is 59.0 Å². The van der Waals surface area contributed by atoms with E-state index in [9.17, 15) is 5.11 Å². The predicted octanol–water partition coefficient (Wildman–Crippen LogP) is 3.29. The van der Waals surface area contributed by atoms with Crippen molar-refractivity contribution in [2.45, 2.75) is 93.6 Å². The van der Waals surface area contributed by atoms with Crippen LogP contribution in [0.5, 0.6) is 0 Å². The van der Waals surface area contributed by atoms with Crippen LogP contribution >= 0.6 is 0 Å². The maximum absolute atomic E-state index is 10.6. The van der Waals surface area contributed by atoms with Crippen molar-refractivity contribution in [3.63, 3.8) is 0 Å². The van der Waals surface area contributed by atoms with E-state index in [0.717, 1.165) is 12.0 Å². The van der Waals surface area contributed by atoms with Crippen LogP contribution in [0.1, 0.15) is 51.9 Å². The first kappa shape index (κ1) is 20.6. The minimum absolute atomic E-state index is 0.0979. The third-order valence-electron chi connectivity index (χ3n) is 7.41. The van der Waals surface area contributed by atoms with Crippen molar-refractivity contribution >= 4 is 0 Å². The number of rotatable bonds is 2. The third-order valence-corrected chi connectivity index (χ3v) is 7.41. The molecule has 1 aromatic carbocycles. The summed E-state index contributed by atoms with van der Waals surface area (Å²) in [4.78, 5) is 0. The SMILES string of the molecule is C=C[C@@]1(C)O[C@@]2(C)C[C@@]3(C)O[C@H]4CO[C@H](c5ccccc5)O[C@@H]4C[C@@H]3O[C@@H]2C[C@@H]1O. The highest BCUT2D eigenvalue weighted by atomic mass is 16.7. The number of hydrogen-bond acceptors (Lipinski definition) is 6. The van der Waals surface area contributed by atoms with E-state index in [-0.39, 0.29) is 30.7 Å². The van der Waals surface area contributed by atoms with Crippen molar-refractivity contribution in [2.75, 3.05) is 6.61 Å². The molecule has 9 atom stereocenters. The van der Waals surface area contributed by atoms with Gasteiger partial charge >= 0.3 is 0 Å². The molecule has 0 amide bonds. The van der Waals surface area contributed by atoms with E-state index in [1.165, 1.54) is 0 Å². The lowest BCUT2D eigenvalue weighted by molar-refractivity contribution is -0.375. The van der Waals surface area contributed by atoms with Gasteiger partial charge < -0.3 is 28.8 Å². The molecule has 0 radical (unpaired) electrons. The van der Waals surface area contributed by atoms with Crippen LogP contribution < -0.4 is 0 Å². The number of ether oxygens (including phenoxy) is 5. The van der Waals surface area contributed by atoms with Crippen LogP contribution in [0.15, 0.2) is 43.0 Å². The summed E-state index contributed by atoms with van der Waals surface area (Å²) in [6, 6.07) is 9.98. The summed E-state index contributed by atoms with van der Waals surface area (Å²) in [7, 11) is 0. The molecule has 4 heterocycles. The quantitative estimate of drug-likeness (QED) is 0.747. The first-order valence-electron chi connectivity index (χ1n) is 10.9. The molecule has 4 aliphatic rings. The van der Waals surface area contributed by atoms with Crippen molar-refractivity contribution < 1.29 is 28.8 Å². The summed E-state index contributed by atoms with van der Waals surface area (Å²) < 4.78 is 31.8. The van der Waals surface area contributed by atoms with Crippen molar-refractivity contribution in [2.24, 2.45) is 0 Å². The standard InChI is InChI=1S/C24H32O6/c1-5-22(2)18(25)12-20-24(4,30-22)14-23(3)19(28-20)11-16-17(29-23)13-26-21(27-16)15-9-7-6-8-10-15/h5-10,16-21,25H,1,11-14H2,2-4H3/t16-,17+,18+,19+,20-,21+,22-,23-,24+/m1/s1. The van der Waals surface area contributed by atoms with Gasteiger partial charge in [0, 0.05) is 24.8 Å². The molecule has 1 N–H and O–H groups in total. The average molecular weight is 417 g/mol. The maximum atomic E-state index is 10.6. The lowest BCUT2D eigenvalue weighted by atomic mass is 9.71. The monoisotopic (exact) mass is 416 g/mol. The van der Waals surface area contributed by atoms with Gasteiger partial charge in [-0.25, -0.2) is 0 Å². The predicted molar refractivity (Wildman–Crippen MR) is 110 cm³/mol. The number of aliphatic hydroxyl groups excluding tert-OH is 1. The smallest absolute Gasteiger partial charge is 0.184 e. The van der Waals surface area contributed by atoms with Gasteiger partial charge in [0.25, 0.3) is 0 Å². The zero-order valence-corrected chi connectivity index (χ0v) is 18.0. The van der Waals surface area contributed by atoms with E-state index < -0.39 is 22.9 Å². The van der Waals surface area contributed by atoms with E-state index in [1.807, 2.05) is 37.3 Å². The highest BCUT2D eigenvalue weighted by molar-refractivity contribution is 5.17. The fourth-order valence-electron chi connectivity index (χ4n) is 5.66. The van der Waals surface area contributed by atoms with Gasteiger partial charge in [0.1, 0.15) is 11.7 Å². The van der Waals surface area contributed by atoms with Gasteiger partial charge in [-0.1, -0.05) is 36.4 Å². The van der Waals surface area contributed by atoms with E-state index in [0.29, 0.717) is 19.4 Å². The van der Waals surface area contributed by atoms with Crippen LogP contribution in [0.25, 0.3) is 0 Å². The number of benzene rings is 1. The molecular weight excluding hydrogens is 384 g/mol. The Hall–Kier alpha value is -1.28. The van der Waals surface area contributed by atoms with Crippen molar-refractivity contribution in [3.05, 3.63) is 48.6 Å². The van der Waals surface area contributed by atoms with Crippen LogP contribution in [0.2, 0.25) is 0 Å². The first-order chi connectivity index (χ1) is 14.2. The Bertz CT molecular complexity index is 800. The minimum atomic E-state index is -0.797. The topological polar surface area (TPSA) is 66.4 Å². The third kappa shape index (κ3) is 3.25. The van der Waals surface area contributed by atoms with E-state index in [1.54, 1.807) is 6.08 Å². The van der Waals surface area contributed by atoms with E-state index >= 15 is 0 Å².